The number of hydrogen-bond acceptors (Lipinski definition) is 5. The van der Waals surface area contributed by atoms with Crippen molar-refractivity contribution in [2.75, 3.05) is 18.1 Å². The van der Waals surface area contributed by atoms with Crippen LogP contribution in [0.15, 0.2) is 60.8 Å². The lowest BCUT2D eigenvalue weighted by Crippen LogP contribution is -2.35. The smallest absolute Gasteiger partial charge is 0.331 e. The van der Waals surface area contributed by atoms with Crippen molar-refractivity contribution < 1.29 is 14.3 Å². The molecule has 8 heteroatoms. The standard InChI is InChI=1S/C21H17ClN4O3/c22-21-17(26-13-5-4-9-18(26)24-21)10-11-20(28)29-15-19(27)25(14-6-12-23)16-7-2-1-3-8-16/h1-5,7-11,13H,6,14-15H2/b11-10+. The summed E-state index contributed by atoms with van der Waals surface area (Å²) in [6.07, 6.45) is 4.62. The lowest BCUT2D eigenvalue weighted by Gasteiger charge is -2.21. The van der Waals surface area contributed by atoms with Gasteiger partial charge >= 0.3 is 5.97 Å². The Morgan fingerprint density at radius 1 is 1.21 bits per heavy atom. The Balaban J connectivity index is 1.64. The number of carbonyl (C=O) groups is 2. The lowest BCUT2D eigenvalue weighted by atomic mass is 10.2. The first-order chi connectivity index (χ1) is 14.1. The molecule has 1 aromatic carbocycles. The maximum absolute atomic E-state index is 12.5. The van der Waals surface area contributed by atoms with Crippen LogP contribution in [-0.2, 0) is 14.3 Å². The Kier molecular flexibility index (Phi) is 6.61. The van der Waals surface area contributed by atoms with Gasteiger partial charge in [0.25, 0.3) is 5.91 Å². The summed E-state index contributed by atoms with van der Waals surface area (Å²) >= 11 is 6.11. The summed E-state index contributed by atoms with van der Waals surface area (Å²) in [5, 5.41) is 9.07. The molecule has 0 bridgehead atoms. The van der Waals surface area contributed by atoms with Gasteiger partial charge < -0.3 is 9.64 Å². The van der Waals surface area contributed by atoms with E-state index < -0.39 is 18.5 Å². The molecule has 0 unspecified atom stereocenters. The van der Waals surface area contributed by atoms with E-state index in [1.54, 1.807) is 40.9 Å². The Morgan fingerprint density at radius 2 is 1.97 bits per heavy atom. The summed E-state index contributed by atoms with van der Waals surface area (Å²) in [6, 6.07) is 16.4. The van der Waals surface area contributed by atoms with Crippen molar-refractivity contribution in [2.45, 2.75) is 6.42 Å². The first-order valence-electron chi connectivity index (χ1n) is 8.80. The molecule has 0 radical (unpaired) electrons. The number of amides is 1. The van der Waals surface area contributed by atoms with Crippen molar-refractivity contribution in [2.24, 2.45) is 0 Å². The Hall–Kier alpha value is -3.63. The molecule has 0 aliphatic rings. The van der Waals surface area contributed by atoms with E-state index in [1.165, 1.54) is 17.1 Å². The maximum atomic E-state index is 12.5. The summed E-state index contributed by atoms with van der Waals surface area (Å²) < 4.78 is 6.80. The van der Waals surface area contributed by atoms with Crippen LogP contribution in [0.5, 0.6) is 0 Å². The predicted octanol–water partition coefficient (Wildman–Crippen LogP) is 3.49. The molecular formula is C21H17ClN4O3. The highest BCUT2D eigenvalue weighted by molar-refractivity contribution is 6.31. The van der Waals surface area contributed by atoms with Crippen molar-refractivity contribution in [3.63, 3.8) is 0 Å². The van der Waals surface area contributed by atoms with E-state index in [9.17, 15) is 9.59 Å². The third-order valence-electron chi connectivity index (χ3n) is 4.05. The molecule has 7 nitrogen and oxygen atoms in total. The van der Waals surface area contributed by atoms with E-state index in [0.29, 0.717) is 17.0 Å². The van der Waals surface area contributed by atoms with Crippen LogP contribution in [0.2, 0.25) is 5.15 Å². The van der Waals surface area contributed by atoms with E-state index in [0.717, 1.165) is 0 Å². The largest absolute Gasteiger partial charge is 0.452 e. The van der Waals surface area contributed by atoms with Crippen molar-refractivity contribution in [1.29, 1.82) is 5.26 Å². The monoisotopic (exact) mass is 408 g/mol. The van der Waals surface area contributed by atoms with Gasteiger partial charge in [0.15, 0.2) is 11.8 Å². The highest BCUT2D eigenvalue weighted by Crippen LogP contribution is 2.19. The summed E-state index contributed by atoms with van der Waals surface area (Å²) in [7, 11) is 0. The molecule has 146 valence electrons. The first-order valence-corrected chi connectivity index (χ1v) is 9.17. The van der Waals surface area contributed by atoms with Crippen LogP contribution in [0.25, 0.3) is 11.7 Å². The van der Waals surface area contributed by atoms with Crippen LogP contribution < -0.4 is 4.90 Å². The Bertz CT molecular complexity index is 1090. The van der Waals surface area contributed by atoms with Crippen LogP contribution >= 0.6 is 11.6 Å². The SMILES string of the molecule is N#CCCN(C(=O)COC(=O)/C=C/c1c(Cl)nc2ccccn12)c1ccccc1. The van der Waals surface area contributed by atoms with E-state index in [4.69, 9.17) is 21.6 Å². The van der Waals surface area contributed by atoms with Gasteiger partial charge in [0.05, 0.1) is 18.2 Å². The molecule has 2 heterocycles. The fourth-order valence-corrected chi connectivity index (χ4v) is 2.95. The summed E-state index contributed by atoms with van der Waals surface area (Å²) in [5.41, 5.74) is 1.82. The minimum absolute atomic E-state index is 0.168. The van der Waals surface area contributed by atoms with Crippen molar-refractivity contribution >= 4 is 40.9 Å². The zero-order valence-electron chi connectivity index (χ0n) is 15.4. The van der Waals surface area contributed by atoms with Gasteiger partial charge in [-0.1, -0.05) is 35.9 Å². The second-order valence-electron chi connectivity index (χ2n) is 5.95. The van der Waals surface area contributed by atoms with Gasteiger partial charge in [-0.3, -0.25) is 9.20 Å². The van der Waals surface area contributed by atoms with E-state index >= 15 is 0 Å². The highest BCUT2D eigenvalue weighted by atomic mass is 35.5. The minimum atomic E-state index is -0.686. The highest BCUT2D eigenvalue weighted by Gasteiger charge is 2.17. The molecule has 0 spiro atoms. The van der Waals surface area contributed by atoms with Gasteiger partial charge in [-0.2, -0.15) is 5.26 Å². The third-order valence-corrected chi connectivity index (χ3v) is 4.33. The maximum Gasteiger partial charge on any atom is 0.331 e. The molecule has 0 saturated carbocycles. The van der Waals surface area contributed by atoms with Crippen LogP contribution in [0.4, 0.5) is 5.69 Å². The topological polar surface area (TPSA) is 87.7 Å². The molecule has 3 rings (SSSR count). The number of para-hydroxylation sites is 1. The lowest BCUT2D eigenvalue weighted by molar-refractivity contribution is -0.142. The van der Waals surface area contributed by atoms with Gasteiger partial charge in [0.2, 0.25) is 0 Å². The molecule has 1 amide bonds. The molecule has 0 fully saturated rings. The van der Waals surface area contributed by atoms with E-state index in [1.807, 2.05) is 24.3 Å². The van der Waals surface area contributed by atoms with Crippen LogP contribution in [0, 0.1) is 11.3 Å². The van der Waals surface area contributed by atoms with Gasteiger partial charge in [-0.15, -0.1) is 0 Å². The number of benzene rings is 1. The summed E-state index contributed by atoms with van der Waals surface area (Å²) in [4.78, 5) is 30.2. The average molecular weight is 409 g/mol. The zero-order valence-corrected chi connectivity index (χ0v) is 16.1. The Morgan fingerprint density at radius 3 is 2.72 bits per heavy atom. The molecular weight excluding hydrogens is 392 g/mol. The van der Waals surface area contributed by atoms with Gasteiger partial charge in [-0.25, -0.2) is 9.78 Å². The van der Waals surface area contributed by atoms with Crippen LogP contribution in [0.1, 0.15) is 12.1 Å². The van der Waals surface area contributed by atoms with E-state index in [2.05, 4.69) is 4.98 Å². The number of rotatable bonds is 7. The number of nitrogens with zero attached hydrogens (tertiary/aromatic N) is 4. The normalized spacial score (nSPS) is 10.8. The van der Waals surface area contributed by atoms with Crippen molar-refractivity contribution in [1.82, 2.24) is 9.38 Å². The number of carbonyl (C=O) groups excluding carboxylic acids is 2. The molecule has 2 aromatic heterocycles. The number of ether oxygens (including phenoxy) is 1. The number of esters is 1. The van der Waals surface area contributed by atoms with Crippen molar-refractivity contribution in [3.05, 3.63) is 71.7 Å². The summed E-state index contributed by atoms with van der Waals surface area (Å²) in [5.74, 6) is -1.10. The number of hydrogen-bond donors (Lipinski definition) is 0. The third kappa shape index (κ3) is 5.00. The fraction of sp³-hybridized carbons (Fsp3) is 0.143. The number of fused-ring (bicyclic) bond motifs is 1. The number of nitriles is 1. The molecule has 0 aliphatic heterocycles. The quantitative estimate of drug-likeness (QED) is 0.441. The molecule has 29 heavy (non-hydrogen) atoms. The minimum Gasteiger partial charge on any atom is -0.452 e. The first kappa shape index (κ1) is 20.1. The zero-order chi connectivity index (χ0) is 20.6. The molecule has 0 aliphatic carbocycles. The van der Waals surface area contributed by atoms with Crippen LogP contribution in [0.3, 0.4) is 0 Å². The molecule has 3 aromatic rings. The Labute approximate surface area is 172 Å². The van der Waals surface area contributed by atoms with Gasteiger partial charge in [-0.05, 0) is 30.3 Å². The second-order valence-corrected chi connectivity index (χ2v) is 6.30. The van der Waals surface area contributed by atoms with Gasteiger partial charge in [0.1, 0.15) is 5.65 Å². The summed E-state index contributed by atoms with van der Waals surface area (Å²) in [6.45, 7) is -0.228. The van der Waals surface area contributed by atoms with E-state index in [-0.39, 0.29) is 18.1 Å². The fourth-order valence-electron chi connectivity index (χ4n) is 2.71. The number of halogens is 1. The predicted molar refractivity (Wildman–Crippen MR) is 109 cm³/mol. The molecule has 0 saturated heterocycles. The second kappa shape index (κ2) is 9.53. The average Bonchev–Trinajstić information content (AvgIpc) is 3.06. The number of aromatic nitrogens is 2. The van der Waals surface area contributed by atoms with Crippen molar-refractivity contribution in [3.8, 4) is 6.07 Å². The number of pyridine rings is 1. The number of anilines is 1. The number of imidazole rings is 1. The van der Waals surface area contributed by atoms with Gasteiger partial charge in [0, 0.05) is 24.5 Å². The van der Waals surface area contributed by atoms with Crippen LogP contribution in [-0.4, -0.2) is 34.4 Å². The molecule has 0 atom stereocenters. The molecule has 0 N–H and O–H groups in total.